The smallest absolute Gasteiger partial charge is 0.222 e. The zero-order chi connectivity index (χ0) is 14.5. The normalized spacial score (nSPS) is 29.0. The number of likely N-dealkylation sites (tertiary alicyclic amines) is 1. The van der Waals surface area contributed by atoms with Crippen LogP contribution in [0.5, 0.6) is 0 Å². The van der Waals surface area contributed by atoms with Crippen LogP contribution in [0.4, 0.5) is 0 Å². The number of nitrogens with one attached hydrogen (secondary N) is 1. The van der Waals surface area contributed by atoms with Gasteiger partial charge in [0.1, 0.15) is 0 Å². The van der Waals surface area contributed by atoms with Crippen molar-refractivity contribution in [3.05, 3.63) is 0 Å². The first-order chi connectivity index (χ1) is 10.3. The molecule has 0 aliphatic carbocycles. The summed E-state index contributed by atoms with van der Waals surface area (Å²) in [5, 5.41) is 3.35. The minimum atomic E-state index is 0.383. The van der Waals surface area contributed by atoms with Crippen LogP contribution in [0.1, 0.15) is 25.7 Å². The highest BCUT2D eigenvalue weighted by Gasteiger charge is 2.27. The zero-order valence-electron chi connectivity index (χ0n) is 13.1. The van der Waals surface area contributed by atoms with Gasteiger partial charge in [-0.25, -0.2) is 0 Å². The van der Waals surface area contributed by atoms with E-state index >= 15 is 0 Å². The molecule has 120 valence electrons. The van der Waals surface area contributed by atoms with Crippen LogP contribution >= 0.6 is 0 Å². The van der Waals surface area contributed by atoms with Crippen LogP contribution in [-0.4, -0.2) is 74.7 Å². The van der Waals surface area contributed by atoms with Gasteiger partial charge in [-0.15, -0.1) is 0 Å². The standard InChI is InChI=1S/C16H29N3O2/c20-16(11-15-1-4-17-12-15)19-5-2-14(3-6-19)13-18-7-9-21-10-8-18/h14-15,17H,1-13H2. The summed E-state index contributed by atoms with van der Waals surface area (Å²) in [6.45, 7) is 9.15. The molecule has 0 spiro atoms. The van der Waals surface area contributed by atoms with Crippen molar-refractivity contribution < 1.29 is 9.53 Å². The summed E-state index contributed by atoms with van der Waals surface area (Å²) in [4.78, 5) is 17.0. The van der Waals surface area contributed by atoms with Gasteiger partial charge in [-0.2, -0.15) is 0 Å². The van der Waals surface area contributed by atoms with Gasteiger partial charge in [0, 0.05) is 39.1 Å². The molecule has 3 rings (SSSR count). The minimum absolute atomic E-state index is 0.383. The van der Waals surface area contributed by atoms with Crippen molar-refractivity contribution >= 4 is 5.91 Å². The molecule has 0 aromatic carbocycles. The van der Waals surface area contributed by atoms with E-state index in [9.17, 15) is 4.79 Å². The number of ether oxygens (including phenoxy) is 1. The predicted octanol–water partition coefficient (Wildman–Crippen LogP) is 0.557. The van der Waals surface area contributed by atoms with Gasteiger partial charge in [0.2, 0.25) is 5.91 Å². The zero-order valence-corrected chi connectivity index (χ0v) is 13.1. The number of carbonyl (C=O) groups excluding carboxylic acids is 1. The number of carbonyl (C=O) groups is 1. The van der Waals surface area contributed by atoms with Gasteiger partial charge in [-0.3, -0.25) is 9.69 Å². The Kier molecular flexibility index (Phi) is 5.49. The van der Waals surface area contributed by atoms with Crippen LogP contribution in [0.2, 0.25) is 0 Å². The highest BCUT2D eigenvalue weighted by Crippen LogP contribution is 2.21. The number of rotatable bonds is 4. The Balaban J connectivity index is 1.36. The Morgan fingerprint density at radius 1 is 1.05 bits per heavy atom. The van der Waals surface area contributed by atoms with Crippen LogP contribution in [-0.2, 0) is 9.53 Å². The monoisotopic (exact) mass is 295 g/mol. The van der Waals surface area contributed by atoms with Crippen molar-refractivity contribution in [2.75, 3.05) is 59.0 Å². The number of morpholine rings is 1. The van der Waals surface area contributed by atoms with Crippen LogP contribution in [0.25, 0.3) is 0 Å². The fraction of sp³-hybridized carbons (Fsp3) is 0.938. The Morgan fingerprint density at radius 3 is 2.48 bits per heavy atom. The van der Waals surface area contributed by atoms with E-state index in [2.05, 4.69) is 15.1 Å². The maximum atomic E-state index is 12.3. The summed E-state index contributed by atoms with van der Waals surface area (Å²) in [5.41, 5.74) is 0. The summed E-state index contributed by atoms with van der Waals surface area (Å²) in [5.74, 6) is 1.72. The second-order valence-electron chi connectivity index (χ2n) is 6.80. The molecule has 5 nitrogen and oxygen atoms in total. The van der Waals surface area contributed by atoms with Crippen LogP contribution < -0.4 is 5.32 Å². The molecular weight excluding hydrogens is 266 g/mol. The van der Waals surface area contributed by atoms with Gasteiger partial charge in [0.15, 0.2) is 0 Å². The third-order valence-corrected chi connectivity index (χ3v) is 5.21. The van der Waals surface area contributed by atoms with Crippen molar-refractivity contribution in [1.29, 1.82) is 0 Å². The molecule has 0 saturated carbocycles. The van der Waals surface area contributed by atoms with Gasteiger partial charge < -0.3 is 15.0 Å². The molecule has 1 amide bonds. The van der Waals surface area contributed by atoms with Gasteiger partial charge in [0.25, 0.3) is 0 Å². The SMILES string of the molecule is O=C(CC1CCNC1)N1CCC(CN2CCOCC2)CC1. The molecule has 0 bridgehead atoms. The van der Waals surface area contributed by atoms with Gasteiger partial charge >= 0.3 is 0 Å². The molecule has 3 fully saturated rings. The number of amides is 1. The number of piperidine rings is 1. The molecule has 0 aromatic rings. The molecule has 21 heavy (non-hydrogen) atoms. The van der Waals surface area contributed by atoms with E-state index in [0.29, 0.717) is 11.8 Å². The lowest BCUT2D eigenvalue weighted by molar-refractivity contribution is -0.133. The lowest BCUT2D eigenvalue weighted by atomic mass is 9.95. The van der Waals surface area contributed by atoms with Gasteiger partial charge in [0.05, 0.1) is 13.2 Å². The van der Waals surface area contributed by atoms with Crippen molar-refractivity contribution in [2.45, 2.75) is 25.7 Å². The molecule has 1 atom stereocenters. The molecule has 3 aliphatic heterocycles. The molecule has 0 aromatic heterocycles. The second-order valence-corrected chi connectivity index (χ2v) is 6.80. The van der Waals surface area contributed by atoms with E-state index in [1.165, 1.54) is 25.8 Å². The summed E-state index contributed by atoms with van der Waals surface area (Å²) in [7, 11) is 0. The maximum absolute atomic E-state index is 12.3. The first kappa shape index (κ1) is 15.3. The molecule has 1 N–H and O–H groups in total. The van der Waals surface area contributed by atoms with Gasteiger partial charge in [-0.05, 0) is 44.2 Å². The van der Waals surface area contributed by atoms with Crippen LogP contribution in [0, 0.1) is 11.8 Å². The summed E-state index contributed by atoms with van der Waals surface area (Å²) in [6.07, 6.45) is 4.26. The second kappa shape index (κ2) is 7.56. The van der Waals surface area contributed by atoms with Gasteiger partial charge in [-0.1, -0.05) is 0 Å². The van der Waals surface area contributed by atoms with Crippen molar-refractivity contribution in [3.63, 3.8) is 0 Å². The van der Waals surface area contributed by atoms with Crippen molar-refractivity contribution in [3.8, 4) is 0 Å². The first-order valence-corrected chi connectivity index (χ1v) is 8.60. The number of hydrogen-bond donors (Lipinski definition) is 1. The third kappa shape index (κ3) is 4.41. The summed E-state index contributed by atoms with van der Waals surface area (Å²) in [6, 6.07) is 0. The average Bonchev–Trinajstić information content (AvgIpc) is 3.02. The first-order valence-electron chi connectivity index (χ1n) is 8.60. The highest BCUT2D eigenvalue weighted by atomic mass is 16.5. The van der Waals surface area contributed by atoms with Crippen LogP contribution in [0.3, 0.4) is 0 Å². The van der Waals surface area contributed by atoms with E-state index in [1.54, 1.807) is 0 Å². The lowest BCUT2D eigenvalue weighted by Crippen LogP contribution is -2.44. The Bertz CT molecular complexity index is 330. The third-order valence-electron chi connectivity index (χ3n) is 5.21. The topological polar surface area (TPSA) is 44.8 Å². The van der Waals surface area contributed by atoms with E-state index in [4.69, 9.17) is 4.74 Å². The molecular formula is C16H29N3O2. The van der Waals surface area contributed by atoms with E-state index in [-0.39, 0.29) is 0 Å². The van der Waals surface area contributed by atoms with E-state index in [1.807, 2.05) is 0 Å². The Hall–Kier alpha value is -0.650. The highest BCUT2D eigenvalue weighted by molar-refractivity contribution is 5.76. The van der Waals surface area contributed by atoms with E-state index < -0.39 is 0 Å². The predicted molar refractivity (Wildman–Crippen MR) is 82.2 cm³/mol. The molecule has 3 heterocycles. The van der Waals surface area contributed by atoms with Crippen LogP contribution in [0.15, 0.2) is 0 Å². The number of hydrogen-bond acceptors (Lipinski definition) is 4. The largest absolute Gasteiger partial charge is 0.379 e. The quantitative estimate of drug-likeness (QED) is 0.823. The number of nitrogens with zero attached hydrogens (tertiary/aromatic N) is 2. The average molecular weight is 295 g/mol. The maximum Gasteiger partial charge on any atom is 0.222 e. The summed E-state index contributed by atoms with van der Waals surface area (Å²) >= 11 is 0. The fourth-order valence-electron chi connectivity index (χ4n) is 3.78. The molecule has 3 saturated heterocycles. The Morgan fingerprint density at radius 2 is 1.81 bits per heavy atom. The van der Waals surface area contributed by atoms with Crippen molar-refractivity contribution in [2.24, 2.45) is 11.8 Å². The molecule has 1 unspecified atom stereocenters. The fourth-order valence-corrected chi connectivity index (χ4v) is 3.78. The van der Waals surface area contributed by atoms with Crippen molar-refractivity contribution in [1.82, 2.24) is 15.1 Å². The Labute approximate surface area is 128 Å². The summed E-state index contributed by atoms with van der Waals surface area (Å²) < 4.78 is 5.40. The van der Waals surface area contributed by atoms with E-state index in [0.717, 1.165) is 64.8 Å². The molecule has 5 heteroatoms. The molecule has 0 radical (unpaired) electrons. The minimum Gasteiger partial charge on any atom is -0.379 e. The molecule has 3 aliphatic rings. The lowest BCUT2D eigenvalue weighted by Gasteiger charge is -2.36.